The zero-order valence-electron chi connectivity index (χ0n) is 23.3. The molecule has 0 heterocycles. The van der Waals surface area contributed by atoms with Gasteiger partial charge in [0, 0.05) is 12.1 Å². The van der Waals surface area contributed by atoms with Crippen molar-refractivity contribution in [3.63, 3.8) is 0 Å². The maximum absolute atomic E-state index is 13.9. The molecule has 2 amide bonds. The first-order valence-corrected chi connectivity index (χ1v) is 14.3. The Balaban J connectivity index is 1.97. The Morgan fingerprint density at radius 2 is 1.60 bits per heavy atom. The highest BCUT2D eigenvalue weighted by Crippen LogP contribution is 2.32. The Labute approximate surface area is 235 Å². The van der Waals surface area contributed by atoms with Gasteiger partial charge in [0.05, 0.1) is 42.7 Å². The van der Waals surface area contributed by atoms with Gasteiger partial charge in [-0.3, -0.25) is 13.9 Å². The summed E-state index contributed by atoms with van der Waals surface area (Å²) in [5.41, 5.74) is 0.783. The molecule has 11 heteroatoms. The number of carbonyl (C=O) groups excluding carboxylic acids is 2. The number of nitrogens with one attached hydrogen (secondary N) is 2. The number of ether oxygens (including phenoxy) is 3. The number of hydrogen-bond acceptors (Lipinski definition) is 7. The molecule has 40 heavy (non-hydrogen) atoms. The Hall–Kier alpha value is -4.25. The van der Waals surface area contributed by atoms with Crippen LogP contribution < -0.4 is 29.1 Å². The van der Waals surface area contributed by atoms with Crippen LogP contribution in [0.2, 0.25) is 0 Å². The van der Waals surface area contributed by atoms with E-state index < -0.39 is 22.5 Å². The molecule has 0 saturated carbocycles. The van der Waals surface area contributed by atoms with Crippen LogP contribution in [-0.4, -0.2) is 53.6 Å². The van der Waals surface area contributed by atoms with Gasteiger partial charge in [0.25, 0.3) is 15.9 Å². The van der Waals surface area contributed by atoms with E-state index in [2.05, 4.69) is 10.6 Å². The SMILES string of the molecule is CCOc1ccc(N(CC(=O)Nc2ccccc2C(=O)N[C@@H](C)CC)S(=O)(=O)c2ccc(OC)c(OC)c2)cc1. The molecule has 0 saturated heterocycles. The number of sulfonamides is 1. The van der Waals surface area contributed by atoms with Gasteiger partial charge in [-0.2, -0.15) is 0 Å². The van der Waals surface area contributed by atoms with Crippen LogP contribution >= 0.6 is 0 Å². The molecule has 0 aliphatic rings. The predicted octanol–water partition coefficient (Wildman–Crippen LogP) is 4.46. The smallest absolute Gasteiger partial charge is 0.264 e. The maximum atomic E-state index is 13.9. The minimum atomic E-state index is -4.25. The molecule has 2 N–H and O–H groups in total. The highest BCUT2D eigenvalue weighted by Gasteiger charge is 2.29. The fraction of sp³-hybridized carbons (Fsp3) is 0.310. The van der Waals surface area contributed by atoms with E-state index in [0.29, 0.717) is 18.1 Å². The molecular formula is C29H35N3O7S. The molecule has 214 valence electrons. The molecule has 10 nitrogen and oxygen atoms in total. The zero-order chi connectivity index (χ0) is 29.3. The molecule has 0 unspecified atom stereocenters. The predicted molar refractivity (Wildman–Crippen MR) is 154 cm³/mol. The van der Waals surface area contributed by atoms with E-state index in [0.717, 1.165) is 10.7 Å². The molecule has 3 aromatic rings. The number of methoxy groups -OCH3 is 2. The fourth-order valence-electron chi connectivity index (χ4n) is 3.81. The number of anilines is 2. The highest BCUT2D eigenvalue weighted by molar-refractivity contribution is 7.92. The molecule has 0 spiro atoms. The first-order valence-electron chi connectivity index (χ1n) is 12.8. The third kappa shape index (κ3) is 7.23. The van der Waals surface area contributed by atoms with Crippen LogP contribution in [0, 0.1) is 0 Å². The summed E-state index contributed by atoms with van der Waals surface area (Å²) in [4.78, 5) is 26.0. The lowest BCUT2D eigenvalue weighted by Crippen LogP contribution is -2.38. The summed E-state index contributed by atoms with van der Waals surface area (Å²) in [7, 11) is -1.40. The second-order valence-corrected chi connectivity index (χ2v) is 10.7. The third-order valence-corrected chi connectivity index (χ3v) is 7.87. The van der Waals surface area contributed by atoms with Crippen molar-refractivity contribution < 1.29 is 32.2 Å². The van der Waals surface area contributed by atoms with Gasteiger partial charge in [-0.1, -0.05) is 19.1 Å². The Morgan fingerprint density at radius 1 is 0.925 bits per heavy atom. The monoisotopic (exact) mass is 569 g/mol. The van der Waals surface area contributed by atoms with Gasteiger partial charge in [0.15, 0.2) is 11.5 Å². The van der Waals surface area contributed by atoms with Crippen molar-refractivity contribution in [1.82, 2.24) is 5.32 Å². The lowest BCUT2D eigenvalue weighted by Gasteiger charge is -2.25. The van der Waals surface area contributed by atoms with Crippen molar-refractivity contribution in [3.05, 3.63) is 72.3 Å². The molecule has 3 rings (SSSR count). The van der Waals surface area contributed by atoms with Crippen molar-refractivity contribution in [2.45, 2.75) is 38.1 Å². The number of amides is 2. The van der Waals surface area contributed by atoms with Crippen LogP contribution in [0.1, 0.15) is 37.6 Å². The lowest BCUT2D eigenvalue weighted by atomic mass is 10.1. The summed E-state index contributed by atoms with van der Waals surface area (Å²) in [6.07, 6.45) is 0.741. The molecule has 0 radical (unpaired) electrons. The molecule has 0 aromatic heterocycles. The number of carbonyl (C=O) groups is 2. The van der Waals surface area contributed by atoms with Crippen LogP contribution in [0.3, 0.4) is 0 Å². The first-order chi connectivity index (χ1) is 19.1. The summed E-state index contributed by atoms with van der Waals surface area (Å²) in [5, 5.41) is 5.58. The Morgan fingerprint density at radius 3 is 2.23 bits per heavy atom. The van der Waals surface area contributed by atoms with Gasteiger partial charge < -0.3 is 24.8 Å². The molecule has 0 aliphatic heterocycles. The number of hydrogen-bond donors (Lipinski definition) is 2. The second kappa shape index (κ2) is 13.7. The molecule has 1 atom stereocenters. The normalized spacial score (nSPS) is 11.7. The van der Waals surface area contributed by atoms with Crippen LogP contribution in [-0.2, 0) is 14.8 Å². The zero-order valence-corrected chi connectivity index (χ0v) is 24.1. The van der Waals surface area contributed by atoms with E-state index in [1.54, 1.807) is 48.5 Å². The minimum Gasteiger partial charge on any atom is -0.494 e. The highest BCUT2D eigenvalue weighted by atomic mass is 32.2. The topological polar surface area (TPSA) is 123 Å². The number of benzene rings is 3. The van der Waals surface area contributed by atoms with Crippen molar-refractivity contribution in [2.75, 3.05) is 37.0 Å². The largest absolute Gasteiger partial charge is 0.494 e. The third-order valence-electron chi connectivity index (χ3n) is 6.10. The van der Waals surface area contributed by atoms with E-state index in [-0.39, 0.29) is 39.5 Å². The van der Waals surface area contributed by atoms with E-state index >= 15 is 0 Å². The summed E-state index contributed by atoms with van der Waals surface area (Å²) in [5.74, 6) is 0.161. The van der Waals surface area contributed by atoms with E-state index in [9.17, 15) is 18.0 Å². The van der Waals surface area contributed by atoms with Gasteiger partial charge >= 0.3 is 0 Å². The second-order valence-electron chi connectivity index (χ2n) is 8.83. The first kappa shape index (κ1) is 30.3. The molecule has 0 bridgehead atoms. The van der Waals surface area contributed by atoms with Crippen LogP contribution in [0.5, 0.6) is 17.2 Å². The number of nitrogens with zero attached hydrogens (tertiary/aromatic N) is 1. The van der Waals surface area contributed by atoms with Crippen molar-refractivity contribution in [1.29, 1.82) is 0 Å². The van der Waals surface area contributed by atoms with Crippen molar-refractivity contribution in [3.8, 4) is 17.2 Å². The standard InChI is InChI=1S/C29H35N3O7S/c1-6-20(3)30-29(34)24-10-8-9-11-25(24)31-28(33)19-32(21-12-14-22(15-13-21)39-7-2)40(35,36)23-16-17-26(37-4)27(18-23)38-5/h8-18,20H,6-7,19H2,1-5H3,(H,30,34)(H,31,33)/t20-/m0/s1. The average Bonchev–Trinajstić information content (AvgIpc) is 2.96. The molecule has 0 aliphatic carbocycles. The molecule has 3 aromatic carbocycles. The van der Waals surface area contributed by atoms with Crippen molar-refractivity contribution >= 4 is 33.2 Å². The minimum absolute atomic E-state index is 0.0574. The van der Waals surface area contributed by atoms with Gasteiger partial charge in [-0.05, 0) is 68.8 Å². The van der Waals surface area contributed by atoms with Crippen molar-refractivity contribution in [2.24, 2.45) is 0 Å². The number of para-hydroxylation sites is 1. The average molecular weight is 570 g/mol. The lowest BCUT2D eigenvalue weighted by molar-refractivity contribution is -0.114. The molecular weight excluding hydrogens is 534 g/mol. The van der Waals surface area contributed by atoms with E-state index in [1.165, 1.54) is 32.4 Å². The maximum Gasteiger partial charge on any atom is 0.264 e. The van der Waals surface area contributed by atoms with Gasteiger partial charge in [-0.15, -0.1) is 0 Å². The summed E-state index contributed by atoms with van der Waals surface area (Å²) < 4.78 is 44.8. The summed E-state index contributed by atoms with van der Waals surface area (Å²) in [6, 6.07) is 17.1. The van der Waals surface area contributed by atoms with Gasteiger partial charge in [-0.25, -0.2) is 8.42 Å². The van der Waals surface area contributed by atoms with Crippen LogP contribution in [0.4, 0.5) is 11.4 Å². The summed E-state index contributed by atoms with van der Waals surface area (Å²) >= 11 is 0. The Kier molecular flexibility index (Phi) is 10.4. The number of rotatable bonds is 13. The van der Waals surface area contributed by atoms with Crippen LogP contribution in [0.25, 0.3) is 0 Å². The quantitative estimate of drug-likeness (QED) is 0.311. The Bertz CT molecular complexity index is 1430. The fourth-order valence-corrected chi connectivity index (χ4v) is 5.25. The van der Waals surface area contributed by atoms with Crippen LogP contribution in [0.15, 0.2) is 71.6 Å². The van der Waals surface area contributed by atoms with Gasteiger partial charge in [0.2, 0.25) is 5.91 Å². The van der Waals surface area contributed by atoms with E-state index in [4.69, 9.17) is 14.2 Å². The molecule has 0 fully saturated rings. The van der Waals surface area contributed by atoms with Gasteiger partial charge in [0.1, 0.15) is 12.3 Å². The summed E-state index contributed by atoms with van der Waals surface area (Å²) in [6.45, 7) is 5.55. The van der Waals surface area contributed by atoms with E-state index in [1.807, 2.05) is 20.8 Å².